The molecule has 1 unspecified atom stereocenters. The zero-order valence-electron chi connectivity index (χ0n) is 15.1. The molecule has 0 aliphatic rings. The Morgan fingerprint density at radius 3 is 2.36 bits per heavy atom. The average Bonchev–Trinajstić information content (AvgIpc) is 3.08. The van der Waals surface area contributed by atoms with E-state index >= 15 is 0 Å². The fraction of sp³-hybridized carbons (Fsp3) is 0.211. The Bertz CT molecular complexity index is 1120. The summed E-state index contributed by atoms with van der Waals surface area (Å²) in [6.45, 7) is 3.75. The number of thiazole rings is 1. The standard InChI is InChI=1S/C19H17F2NO3S3/c1-12(2)11-27(23)19-18(28(24,25)16-8-6-14(20)7-9-16)22-17(26-19)13-4-3-5-15(21)10-13/h3-10,12H,11H2,1-2H3. The molecular formula is C19H17F2NO3S3. The Hall–Kier alpha value is -1.97. The Morgan fingerprint density at radius 2 is 1.75 bits per heavy atom. The molecule has 1 atom stereocenters. The molecule has 4 nitrogen and oxygen atoms in total. The van der Waals surface area contributed by atoms with Crippen molar-refractivity contribution in [2.45, 2.75) is 28.0 Å². The second-order valence-corrected chi connectivity index (χ2v) is 11.0. The molecule has 2 aromatic carbocycles. The first-order valence-corrected chi connectivity index (χ1v) is 12.0. The Morgan fingerprint density at radius 1 is 1.07 bits per heavy atom. The maximum Gasteiger partial charge on any atom is 0.225 e. The predicted octanol–water partition coefficient (Wildman–Crippen LogP) is 4.68. The van der Waals surface area contributed by atoms with E-state index in [2.05, 4.69) is 4.98 Å². The van der Waals surface area contributed by atoms with Crippen LogP contribution < -0.4 is 0 Å². The van der Waals surface area contributed by atoms with Gasteiger partial charge in [0.05, 0.1) is 15.7 Å². The van der Waals surface area contributed by atoms with Crippen LogP contribution in [0, 0.1) is 17.6 Å². The predicted molar refractivity (Wildman–Crippen MR) is 105 cm³/mol. The van der Waals surface area contributed by atoms with E-state index in [0.29, 0.717) is 5.56 Å². The van der Waals surface area contributed by atoms with Gasteiger partial charge < -0.3 is 0 Å². The molecule has 0 spiro atoms. The third kappa shape index (κ3) is 4.37. The molecule has 3 rings (SSSR count). The summed E-state index contributed by atoms with van der Waals surface area (Å²) >= 11 is 0.965. The van der Waals surface area contributed by atoms with Crippen molar-refractivity contribution >= 4 is 32.0 Å². The largest absolute Gasteiger partial charge is 0.253 e. The maximum atomic E-state index is 13.6. The highest BCUT2D eigenvalue weighted by Crippen LogP contribution is 2.36. The van der Waals surface area contributed by atoms with E-state index in [9.17, 15) is 21.4 Å². The van der Waals surface area contributed by atoms with E-state index < -0.39 is 32.3 Å². The van der Waals surface area contributed by atoms with Crippen molar-refractivity contribution in [2.24, 2.45) is 5.92 Å². The van der Waals surface area contributed by atoms with Gasteiger partial charge in [0.1, 0.15) is 20.9 Å². The van der Waals surface area contributed by atoms with Crippen molar-refractivity contribution in [2.75, 3.05) is 5.75 Å². The van der Waals surface area contributed by atoms with E-state index in [1.807, 2.05) is 13.8 Å². The zero-order chi connectivity index (χ0) is 20.5. The van der Waals surface area contributed by atoms with Crippen LogP contribution in [0.4, 0.5) is 8.78 Å². The van der Waals surface area contributed by atoms with Gasteiger partial charge in [-0.25, -0.2) is 22.2 Å². The fourth-order valence-electron chi connectivity index (χ4n) is 2.45. The van der Waals surface area contributed by atoms with Gasteiger partial charge in [-0.1, -0.05) is 26.0 Å². The normalized spacial score (nSPS) is 13.0. The number of hydrogen-bond acceptors (Lipinski definition) is 5. The minimum Gasteiger partial charge on any atom is -0.253 e. The maximum absolute atomic E-state index is 13.6. The molecule has 0 fully saturated rings. The first kappa shape index (κ1) is 20.8. The second kappa shape index (κ2) is 8.18. The quantitative estimate of drug-likeness (QED) is 0.521. The molecule has 148 valence electrons. The van der Waals surface area contributed by atoms with Crippen molar-refractivity contribution in [3.8, 4) is 10.6 Å². The number of halogens is 2. The molecule has 1 heterocycles. The summed E-state index contributed by atoms with van der Waals surface area (Å²) in [4.78, 5) is 4.05. The van der Waals surface area contributed by atoms with E-state index in [0.717, 1.165) is 35.6 Å². The van der Waals surface area contributed by atoms with Gasteiger partial charge in [0.15, 0.2) is 5.03 Å². The summed E-state index contributed by atoms with van der Waals surface area (Å²) in [7, 11) is -5.72. The Kier molecular flexibility index (Phi) is 6.07. The van der Waals surface area contributed by atoms with Gasteiger partial charge in [0.25, 0.3) is 0 Å². The lowest BCUT2D eigenvalue weighted by Crippen LogP contribution is -2.09. The number of hydrogen-bond donors (Lipinski definition) is 0. The molecule has 1 aromatic heterocycles. The minimum atomic E-state index is -4.12. The fourth-order valence-corrected chi connectivity index (χ4v) is 7.22. The summed E-state index contributed by atoms with van der Waals surface area (Å²) in [5.41, 5.74) is 0.397. The Balaban J connectivity index is 2.17. The van der Waals surface area contributed by atoms with Crippen LogP contribution in [0.25, 0.3) is 10.6 Å². The van der Waals surface area contributed by atoms with Crippen molar-refractivity contribution in [3.63, 3.8) is 0 Å². The van der Waals surface area contributed by atoms with Crippen LogP contribution in [-0.4, -0.2) is 23.4 Å². The lowest BCUT2D eigenvalue weighted by molar-refractivity contribution is 0.589. The molecule has 3 aromatic rings. The Labute approximate surface area is 168 Å². The topological polar surface area (TPSA) is 64.1 Å². The highest BCUT2D eigenvalue weighted by molar-refractivity contribution is 7.93. The molecule has 0 radical (unpaired) electrons. The van der Waals surface area contributed by atoms with Gasteiger partial charge in [-0.15, -0.1) is 11.3 Å². The van der Waals surface area contributed by atoms with Gasteiger partial charge >= 0.3 is 0 Å². The van der Waals surface area contributed by atoms with Crippen molar-refractivity contribution < 1.29 is 21.4 Å². The summed E-state index contributed by atoms with van der Waals surface area (Å²) in [5.74, 6) is -0.722. The molecule has 28 heavy (non-hydrogen) atoms. The first-order valence-electron chi connectivity index (χ1n) is 8.34. The number of nitrogens with zero attached hydrogens (tertiary/aromatic N) is 1. The molecule has 0 amide bonds. The lowest BCUT2D eigenvalue weighted by Gasteiger charge is -2.06. The summed E-state index contributed by atoms with van der Waals surface area (Å²) in [6, 6.07) is 9.96. The van der Waals surface area contributed by atoms with Crippen LogP contribution >= 0.6 is 11.3 Å². The van der Waals surface area contributed by atoms with Crippen LogP contribution in [0.2, 0.25) is 0 Å². The third-order valence-corrected chi connectivity index (χ3v) is 8.95. The highest BCUT2D eigenvalue weighted by atomic mass is 32.2. The number of benzene rings is 2. The number of sulfone groups is 1. The lowest BCUT2D eigenvalue weighted by atomic mass is 10.2. The van der Waals surface area contributed by atoms with Gasteiger partial charge in [0, 0.05) is 11.3 Å². The van der Waals surface area contributed by atoms with E-state index in [4.69, 9.17) is 0 Å². The molecule has 0 aliphatic heterocycles. The number of aromatic nitrogens is 1. The minimum absolute atomic E-state index is 0.0712. The molecule has 0 saturated heterocycles. The summed E-state index contributed by atoms with van der Waals surface area (Å²) in [5, 5.41) is -0.0744. The van der Waals surface area contributed by atoms with Crippen LogP contribution in [0.5, 0.6) is 0 Å². The van der Waals surface area contributed by atoms with Crippen LogP contribution in [-0.2, 0) is 20.6 Å². The van der Waals surface area contributed by atoms with Crippen LogP contribution in [0.15, 0.2) is 62.7 Å². The highest BCUT2D eigenvalue weighted by Gasteiger charge is 2.30. The van der Waals surface area contributed by atoms with Crippen molar-refractivity contribution in [3.05, 3.63) is 60.2 Å². The van der Waals surface area contributed by atoms with Gasteiger partial charge in [-0.2, -0.15) is 0 Å². The average molecular weight is 442 g/mol. The molecular weight excluding hydrogens is 424 g/mol. The first-order chi connectivity index (χ1) is 13.2. The number of rotatable bonds is 6. The van der Waals surface area contributed by atoms with Crippen LogP contribution in [0.3, 0.4) is 0 Å². The zero-order valence-corrected chi connectivity index (χ0v) is 17.5. The monoisotopic (exact) mass is 441 g/mol. The molecule has 9 heteroatoms. The molecule has 0 N–H and O–H groups in total. The SMILES string of the molecule is CC(C)CS(=O)c1sc(-c2cccc(F)c2)nc1S(=O)(=O)c1ccc(F)cc1. The van der Waals surface area contributed by atoms with Crippen molar-refractivity contribution in [1.82, 2.24) is 4.98 Å². The van der Waals surface area contributed by atoms with Gasteiger partial charge in [-0.3, -0.25) is 4.21 Å². The van der Waals surface area contributed by atoms with Gasteiger partial charge in [0.2, 0.25) is 9.84 Å². The van der Waals surface area contributed by atoms with E-state index in [-0.39, 0.29) is 30.8 Å². The third-order valence-electron chi connectivity index (χ3n) is 3.71. The van der Waals surface area contributed by atoms with E-state index in [1.54, 1.807) is 6.07 Å². The van der Waals surface area contributed by atoms with Gasteiger partial charge in [-0.05, 0) is 42.3 Å². The molecule has 0 aliphatic carbocycles. The van der Waals surface area contributed by atoms with E-state index in [1.165, 1.54) is 18.2 Å². The van der Waals surface area contributed by atoms with Crippen LogP contribution in [0.1, 0.15) is 13.8 Å². The summed E-state index contributed by atoms with van der Waals surface area (Å²) < 4.78 is 65.9. The smallest absolute Gasteiger partial charge is 0.225 e. The van der Waals surface area contributed by atoms with Crippen molar-refractivity contribution in [1.29, 1.82) is 0 Å². The second-order valence-electron chi connectivity index (χ2n) is 6.49. The molecule has 0 saturated carbocycles. The summed E-state index contributed by atoms with van der Waals surface area (Å²) in [6.07, 6.45) is 0. The molecule has 0 bridgehead atoms.